The average Bonchev–Trinajstić information content (AvgIpc) is 2.83. The van der Waals surface area contributed by atoms with Crippen LogP contribution in [0, 0.1) is 11.3 Å². The van der Waals surface area contributed by atoms with Crippen LogP contribution >= 0.6 is 0 Å². The lowest BCUT2D eigenvalue weighted by molar-refractivity contribution is 0.112. The zero-order valence-corrected chi connectivity index (χ0v) is 13.6. The minimum atomic E-state index is -0.371. The Kier molecular flexibility index (Phi) is 3.57. The van der Waals surface area contributed by atoms with Gasteiger partial charge in [-0.1, -0.05) is 58.0 Å². The van der Waals surface area contributed by atoms with E-state index in [-0.39, 0.29) is 11.5 Å². The summed E-state index contributed by atoms with van der Waals surface area (Å²) in [5.74, 6) is 0.482. The molecular formula is C20H26O. The van der Waals surface area contributed by atoms with Crippen molar-refractivity contribution in [2.75, 3.05) is 0 Å². The van der Waals surface area contributed by atoms with Crippen LogP contribution in [0.25, 0.3) is 10.8 Å². The average molecular weight is 282 g/mol. The van der Waals surface area contributed by atoms with Gasteiger partial charge in [-0.2, -0.15) is 0 Å². The third kappa shape index (κ3) is 2.60. The lowest BCUT2D eigenvalue weighted by atomic mass is 9.78. The molecule has 1 heteroatoms. The molecular weight excluding hydrogens is 256 g/mol. The van der Waals surface area contributed by atoms with E-state index in [1.54, 1.807) is 0 Å². The van der Waals surface area contributed by atoms with Crippen molar-refractivity contribution >= 4 is 10.8 Å². The number of benzene rings is 2. The third-order valence-corrected chi connectivity index (χ3v) is 5.32. The Balaban J connectivity index is 1.98. The predicted molar refractivity (Wildman–Crippen MR) is 89.6 cm³/mol. The smallest absolute Gasteiger partial charge is 0.0798 e. The zero-order valence-electron chi connectivity index (χ0n) is 13.6. The molecule has 1 aliphatic rings. The molecule has 2 atom stereocenters. The Morgan fingerprint density at radius 3 is 2.38 bits per heavy atom. The highest BCUT2D eigenvalue weighted by Gasteiger charge is 2.25. The highest BCUT2D eigenvalue weighted by atomic mass is 16.3. The summed E-state index contributed by atoms with van der Waals surface area (Å²) in [5, 5.41) is 13.4. The van der Waals surface area contributed by atoms with Gasteiger partial charge in [0.05, 0.1) is 6.10 Å². The lowest BCUT2D eigenvalue weighted by Crippen LogP contribution is -2.19. The van der Waals surface area contributed by atoms with Crippen LogP contribution in [0.2, 0.25) is 0 Å². The van der Waals surface area contributed by atoms with E-state index in [2.05, 4.69) is 58.0 Å². The van der Waals surface area contributed by atoms with E-state index in [4.69, 9.17) is 0 Å². The molecule has 1 nitrogen and oxygen atoms in total. The van der Waals surface area contributed by atoms with Crippen molar-refractivity contribution in [3.8, 4) is 0 Å². The number of rotatable bonds is 3. The molecule has 2 aromatic carbocycles. The van der Waals surface area contributed by atoms with Gasteiger partial charge >= 0.3 is 0 Å². The van der Waals surface area contributed by atoms with Crippen molar-refractivity contribution in [2.24, 2.45) is 11.3 Å². The maximum absolute atomic E-state index is 10.8. The molecule has 0 heterocycles. The summed E-state index contributed by atoms with van der Waals surface area (Å²) < 4.78 is 0. The van der Waals surface area contributed by atoms with Crippen LogP contribution in [0.4, 0.5) is 0 Å². The molecule has 1 N–H and O–H groups in total. The van der Waals surface area contributed by atoms with Gasteiger partial charge < -0.3 is 5.11 Å². The lowest BCUT2D eigenvalue weighted by Gasteiger charge is -2.29. The van der Waals surface area contributed by atoms with Crippen molar-refractivity contribution in [3.63, 3.8) is 0 Å². The summed E-state index contributed by atoms with van der Waals surface area (Å²) in [6.07, 6.45) is 2.74. The monoisotopic (exact) mass is 282 g/mol. The van der Waals surface area contributed by atoms with E-state index < -0.39 is 0 Å². The van der Waals surface area contributed by atoms with Gasteiger partial charge in [0.1, 0.15) is 0 Å². The first-order valence-electron chi connectivity index (χ1n) is 8.09. The summed E-state index contributed by atoms with van der Waals surface area (Å²) in [6, 6.07) is 10.9. The van der Waals surface area contributed by atoms with Crippen LogP contribution < -0.4 is 0 Å². The van der Waals surface area contributed by atoms with Crippen LogP contribution in [0.15, 0.2) is 30.3 Å². The van der Waals surface area contributed by atoms with Gasteiger partial charge in [0, 0.05) is 0 Å². The Morgan fingerprint density at radius 1 is 1.05 bits per heavy atom. The van der Waals surface area contributed by atoms with Gasteiger partial charge in [0.15, 0.2) is 0 Å². The molecule has 0 amide bonds. The van der Waals surface area contributed by atoms with Crippen LogP contribution in [-0.4, -0.2) is 5.11 Å². The van der Waals surface area contributed by atoms with Crippen LogP contribution in [-0.2, 0) is 12.8 Å². The molecule has 0 aromatic heterocycles. The highest BCUT2D eigenvalue weighted by Crippen LogP contribution is 2.38. The van der Waals surface area contributed by atoms with Crippen molar-refractivity contribution < 1.29 is 5.11 Å². The Hall–Kier alpha value is -1.34. The maximum Gasteiger partial charge on any atom is 0.0798 e. The number of aliphatic hydroxyl groups is 1. The largest absolute Gasteiger partial charge is 0.388 e. The first-order chi connectivity index (χ1) is 9.88. The van der Waals surface area contributed by atoms with Crippen molar-refractivity contribution in [3.05, 3.63) is 47.0 Å². The standard InChI is InChI=1S/C20H26O/c1-13(20(2,3)4)12-18(21)16-11-10-15-9-8-14-6-5-7-17(16)19(14)15/h5-7,10-11,13,18,21H,8-9,12H2,1-4H3. The number of hydrogen-bond acceptors (Lipinski definition) is 1. The molecule has 0 saturated carbocycles. The van der Waals surface area contributed by atoms with Crippen LogP contribution in [0.1, 0.15) is 56.9 Å². The van der Waals surface area contributed by atoms with Crippen LogP contribution in [0.3, 0.4) is 0 Å². The molecule has 0 aliphatic heterocycles. The second kappa shape index (κ2) is 5.14. The minimum Gasteiger partial charge on any atom is -0.388 e. The molecule has 0 radical (unpaired) electrons. The van der Waals surface area contributed by atoms with Gasteiger partial charge in [-0.05, 0) is 58.1 Å². The van der Waals surface area contributed by atoms with Gasteiger partial charge in [0.2, 0.25) is 0 Å². The quantitative estimate of drug-likeness (QED) is 0.835. The first kappa shape index (κ1) is 14.6. The van der Waals surface area contributed by atoms with Gasteiger partial charge in [0.25, 0.3) is 0 Å². The number of hydrogen-bond donors (Lipinski definition) is 1. The Labute approximate surface area is 128 Å². The first-order valence-corrected chi connectivity index (χ1v) is 8.09. The molecule has 21 heavy (non-hydrogen) atoms. The fraction of sp³-hybridized carbons (Fsp3) is 0.500. The highest BCUT2D eigenvalue weighted by molar-refractivity contribution is 5.93. The van der Waals surface area contributed by atoms with E-state index in [0.29, 0.717) is 5.92 Å². The van der Waals surface area contributed by atoms with Crippen molar-refractivity contribution in [2.45, 2.75) is 53.1 Å². The fourth-order valence-corrected chi connectivity index (χ4v) is 3.38. The third-order valence-electron chi connectivity index (χ3n) is 5.32. The van der Waals surface area contributed by atoms with Gasteiger partial charge in [-0.15, -0.1) is 0 Å². The van der Waals surface area contributed by atoms with E-state index in [1.807, 2.05) is 0 Å². The van der Waals surface area contributed by atoms with Crippen molar-refractivity contribution in [1.82, 2.24) is 0 Å². The Morgan fingerprint density at radius 2 is 1.71 bits per heavy atom. The summed E-state index contributed by atoms with van der Waals surface area (Å²) in [5.41, 5.74) is 4.23. The number of aliphatic hydroxyl groups excluding tert-OH is 1. The Bertz CT molecular complexity index is 653. The van der Waals surface area contributed by atoms with E-state index in [0.717, 1.165) is 24.8 Å². The maximum atomic E-state index is 10.8. The molecule has 2 aromatic rings. The molecule has 1 aliphatic carbocycles. The SMILES string of the molecule is CC(CC(O)c1ccc2c3c(cccc13)CC2)C(C)(C)C. The van der Waals surface area contributed by atoms with Crippen molar-refractivity contribution in [1.29, 1.82) is 0 Å². The second-order valence-corrected chi connectivity index (χ2v) is 7.67. The van der Waals surface area contributed by atoms with E-state index in [1.165, 1.54) is 21.9 Å². The summed E-state index contributed by atoms with van der Waals surface area (Å²) in [6.45, 7) is 8.98. The van der Waals surface area contributed by atoms with Crippen LogP contribution in [0.5, 0.6) is 0 Å². The molecule has 0 saturated heterocycles. The molecule has 2 unspecified atom stereocenters. The summed E-state index contributed by atoms with van der Waals surface area (Å²) in [4.78, 5) is 0. The van der Waals surface area contributed by atoms with E-state index in [9.17, 15) is 5.11 Å². The second-order valence-electron chi connectivity index (χ2n) is 7.67. The molecule has 112 valence electrons. The summed E-state index contributed by atoms with van der Waals surface area (Å²) in [7, 11) is 0. The number of aryl methyl sites for hydroxylation is 2. The normalized spacial score (nSPS) is 17.2. The molecule has 0 bridgehead atoms. The summed E-state index contributed by atoms with van der Waals surface area (Å²) >= 11 is 0. The minimum absolute atomic E-state index is 0.232. The van der Waals surface area contributed by atoms with E-state index >= 15 is 0 Å². The fourth-order valence-electron chi connectivity index (χ4n) is 3.38. The molecule has 0 fully saturated rings. The zero-order chi connectivity index (χ0) is 15.2. The molecule has 0 spiro atoms. The van der Waals surface area contributed by atoms with Gasteiger partial charge in [-0.25, -0.2) is 0 Å². The topological polar surface area (TPSA) is 20.2 Å². The molecule has 3 rings (SSSR count). The van der Waals surface area contributed by atoms with Gasteiger partial charge in [-0.3, -0.25) is 0 Å². The predicted octanol–water partition coefficient (Wildman–Crippen LogP) is 5.04.